The van der Waals surface area contributed by atoms with Crippen LogP contribution < -0.4 is 10.1 Å². The van der Waals surface area contributed by atoms with Crippen LogP contribution in [0.1, 0.15) is 12.5 Å². The molecule has 22 heavy (non-hydrogen) atoms. The Kier molecular flexibility index (Phi) is 4.40. The van der Waals surface area contributed by atoms with Crippen molar-refractivity contribution in [3.8, 4) is 5.75 Å². The third-order valence-corrected chi connectivity index (χ3v) is 3.08. The lowest BCUT2D eigenvalue weighted by Crippen LogP contribution is -2.51. The van der Waals surface area contributed by atoms with Gasteiger partial charge in [0.15, 0.2) is 0 Å². The molecule has 0 aliphatic heterocycles. The number of benzene rings is 2. The Morgan fingerprint density at radius 2 is 1.45 bits per heavy atom. The zero-order valence-corrected chi connectivity index (χ0v) is 11.7. The fraction of sp³-hybridized carbons (Fsp3) is 0.188. The molecule has 1 atom stereocenters. The summed E-state index contributed by atoms with van der Waals surface area (Å²) in [6, 6.07) is 16.3. The second kappa shape index (κ2) is 6.09. The van der Waals surface area contributed by atoms with E-state index in [2.05, 4.69) is 0 Å². The molecule has 0 heterocycles. The third kappa shape index (κ3) is 3.78. The molecule has 0 aliphatic rings. The first-order valence-electron chi connectivity index (χ1n) is 6.50. The van der Waals surface area contributed by atoms with E-state index in [0.29, 0.717) is 11.3 Å². The second-order valence-electron chi connectivity index (χ2n) is 4.77. The summed E-state index contributed by atoms with van der Waals surface area (Å²) in [5.74, 6) is -0.985. The normalized spacial score (nSPS) is 14.0. The first-order valence-corrected chi connectivity index (χ1v) is 6.50. The molecule has 0 bridgehead atoms. The van der Waals surface area contributed by atoms with E-state index in [9.17, 15) is 18.0 Å². The van der Waals surface area contributed by atoms with Crippen molar-refractivity contribution in [3.05, 3.63) is 66.2 Å². The van der Waals surface area contributed by atoms with Gasteiger partial charge < -0.3 is 4.74 Å². The van der Waals surface area contributed by atoms with Crippen LogP contribution in [0.25, 0.3) is 0 Å². The Labute approximate surface area is 125 Å². The first kappa shape index (κ1) is 15.9. The molecule has 6 heteroatoms. The number of rotatable bonds is 4. The number of nitrogens with one attached hydrogen (secondary N) is 1. The van der Waals surface area contributed by atoms with Gasteiger partial charge in [0, 0.05) is 5.56 Å². The molecule has 1 amide bonds. The number of hydrogen-bond acceptors (Lipinski definition) is 2. The van der Waals surface area contributed by atoms with Crippen molar-refractivity contribution in [2.75, 3.05) is 0 Å². The second-order valence-corrected chi connectivity index (χ2v) is 4.77. The molecular weight excluding hydrogens is 295 g/mol. The molecule has 0 aromatic heterocycles. The van der Waals surface area contributed by atoms with Gasteiger partial charge in [-0.3, -0.25) is 10.1 Å². The van der Waals surface area contributed by atoms with Gasteiger partial charge in [0.2, 0.25) is 5.60 Å². The van der Waals surface area contributed by atoms with E-state index < -0.39 is 17.8 Å². The molecule has 2 aromatic carbocycles. The summed E-state index contributed by atoms with van der Waals surface area (Å²) < 4.78 is 43.1. The predicted octanol–water partition coefficient (Wildman–Crippen LogP) is 3.62. The zero-order chi connectivity index (χ0) is 16.2. The number of para-hydroxylation sites is 1. The van der Waals surface area contributed by atoms with Crippen molar-refractivity contribution in [1.29, 1.82) is 0 Å². The van der Waals surface area contributed by atoms with Crippen molar-refractivity contribution in [1.82, 2.24) is 5.32 Å². The Hall–Kier alpha value is -2.50. The zero-order valence-electron chi connectivity index (χ0n) is 11.7. The minimum atomic E-state index is -4.83. The molecule has 0 saturated heterocycles. The highest BCUT2D eigenvalue weighted by molar-refractivity contribution is 5.86. The van der Waals surface area contributed by atoms with Crippen molar-refractivity contribution in [3.63, 3.8) is 0 Å². The molecular formula is C16H14F3NO2. The number of carbonyl (C=O) groups excluding carboxylic acids is 1. The molecule has 1 N–H and O–H groups in total. The molecule has 3 nitrogen and oxygen atoms in total. The van der Waals surface area contributed by atoms with Gasteiger partial charge in [-0.25, -0.2) is 0 Å². The Morgan fingerprint density at radius 1 is 0.955 bits per heavy atom. The quantitative estimate of drug-likeness (QED) is 0.876. The fourth-order valence-electron chi connectivity index (χ4n) is 1.96. The highest BCUT2D eigenvalue weighted by Crippen LogP contribution is 2.29. The molecule has 0 aliphatic carbocycles. The van der Waals surface area contributed by atoms with Gasteiger partial charge in [0.25, 0.3) is 5.91 Å². The summed E-state index contributed by atoms with van der Waals surface area (Å²) in [4.78, 5) is 12.1. The summed E-state index contributed by atoms with van der Waals surface area (Å²) in [7, 11) is 0. The molecule has 2 aromatic rings. The molecule has 0 spiro atoms. The van der Waals surface area contributed by atoms with Gasteiger partial charge >= 0.3 is 6.30 Å². The first-order chi connectivity index (χ1) is 10.3. The monoisotopic (exact) mass is 309 g/mol. The van der Waals surface area contributed by atoms with Crippen LogP contribution in [-0.4, -0.2) is 12.2 Å². The van der Waals surface area contributed by atoms with Gasteiger partial charge in [-0.05, 0) is 19.1 Å². The lowest BCUT2D eigenvalue weighted by molar-refractivity contribution is -0.179. The molecule has 0 radical (unpaired) electrons. The number of ether oxygens (including phenoxy) is 1. The maximum atomic E-state index is 12.5. The van der Waals surface area contributed by atoms with Crippen molar-refractivity contribution < 1.29 is 22.7 Å². The van der Waals surface area contributed by atoms with Crippen LogP contribution in [0.2, 0.25) is 0 Å². The molecule has 0 saturated carbocycles. The van der Waals surface area contributed by atoms with Crippen molar-refractivity contribution in [2.45, 2.75) is 18.8 Å². The van der Waals surface area contributed by atoms with E-state index in [1.165, 1.54) is 6.92 Å². The average Bonchev–Trinajstić information content (AvgIpc) is 2.47. The standard InChI is InChI=1S/C16H14F3NO2/c1-15(12-8-4-2-5-9-12,14(21)20-16(17,18)19)22-13-10-6-3-7-11-13/h2-11H,1H3,(H,20,21). The van der Waals surface area contributed by atoms with Crippen LogP contribution in [0.4, 0.5) is 13.2 Å². The molecule has 116 valence electrons. The summed E-state index contributed by atoms with van der Waals surface area (Å²) >= 11 is 0. The summed E-state index contributed by atoms with van der Waals surface area (Å²) in [6.45, 7) is 1.30. The summed E-state index contributed by atoms with van der Waals surface area (Å²) in [5, 5.41) is 1.01. The summed E-state index contributed by atoms with van der Waals surface area (Å²) in [5.41, 5.74) is -1.49. The van der Waals surface area contributed by atoms with Gasteiger partial charge in [0.05, 0.1) is 0 Å². The van der Waals surface area contributed by atoms with Gasteiger partial charge in [-0.1, -0.05) is 48.5 Å². The fourth-order valence-corrected chi connectivity index (χ4v) is 1.96. The predicted molar refractivity (Wildman–Crippen MR) is 75.1 cm³/mol. The van der Waals surface area contributed by atoms with E-state index in [4.69, 9.17) is 4.74 Å². The number of amides is 1. The van der Waals surface area contributed by atoms with Gasteiger partial charge in [-0.2, -0.15) is 13.2 Å². The summed E-state index contributed by atoms with van der Waals surface area (Å²) in [6.07, 6.45) is -4.83. The minimum Gasteiger partial charge on any atom is -0.473 e. The van der Waals surface area contributed by atoms with Gasteiger partial charge in [-0.15, -0.1) is 0 Å². The SMILES string of the molecule is CC(Oc1ccccc1)(C(=O)NC(F)(F)F)c1ccccc1. The molecule has 1 unspecified atom stereocenters. The highest BCUT2D eigenvalue weighted by Gasteiger charge is 2.43. The average molecular weight is 309 g/mol. The number of carbonyl (C=O) groups is 1. The largest absolute Gasteiger partial charge is 0.484 e. The number of hydrogen-bond donors (Lipinski definition) is 1. The van der Waals surface area contributed by atoms with Crippen LogP contribution in [0.5, 0.6) is 5.75 Å². The van der Waals surface area contributed by atoms with Gasteiger partial charge in [0.1, 0.15) is 5.75 Å². The highest BCUT2D eigenvalue weighted by atomic mass is 19.4. The topological polar surface area (TPSA) is 38.3 Å². The van der Waals surface area contributed by atoms with E-state index in [0.717, 1.165) is 5.32 Å². The lowest BCUT2D eigenvalue weighted by Gasteiger charge is -2.30. The lowest BCUT2D eigenvalue weighted by atomic mass is 9.94. The number of alkyl halides is 3. The van der Waals surface area contributed by atoms with E-state index in [1.807, 2.05) is 0 Å². The number of halogens is 3. The van der Waals surface area contributed by atoms with Crippen molar-refractivity contribution >= 4 is 5.91 Å². The van der Waals surface area contributed by atoms with E-state index in [-0.39, 0.29) is 0 Å². The Balaban J connectivity index is 2.38. The van der Waals surface area contributed by atoms with Crippen LogP contribution in [0.15, 0.2) is 60.7 Å². The minimum absolute atomic E-state index is 0.297. The maximum absolute atomic E-state index is 12.5. The van der Waals surface area contributed by atoms with Crippen molar-refractivity contribution in [2.24, 2.45) is 0 Å². The van der Waals surface area contributed by atoms with Crippen LogP contribution in [0, 0.1) is 0 Å². The van der Waals surface area contributed by atoms with E-state index >= 15 is 0 Å². The molecule has 0 fully saturated rings. The maximum Gasteiger partial charge on any atom is 0.484 e. The Morgan fingerprint density at radius 3 is 1.95 bits per heavy atom. The Bertz CT molecular complexity index is 629. The molecule has 2 rings (SSSR count). The van der Waals surface area contributed by atoms with Crippen LogP contribution in [0.3, 0.4) is 0 Å². The van der Waals surface area contributed by atoms with Crippen LogP contribution >= 0.6 is 0 Å². The van der Waals surface area contributed by atoms with Crippen LogP contribution in [-0.2, 0) is 10.4 Å². The smallest absolute Gasteiger partial charge is 0.473 e. The third-order valence-electron chi connectivity index (χ3n) is 3.08. The van der Waals surface area contributed by atoms with E-state index in [1.54, 1.807) is 60.7 Å².